The minimum Gasteiger partial charge on any atom is -0.0838 e. The predicted molar refractivity (Wildman–Crippen MR) is 37.1 cm³/mol. The van der Waals surface area contributed by atoms with E-state index in [9.17, 15) is 0 Å². The maximum Gasteiger partial charge on any atom is 0.110 e. The Morgan fingerprint density at radius 2 is 2.25 bits per heavy atom. The third-order valence-electron chi connectivity index (χ3n) is 1.14. The minimum absolute atomic E-state index is 0.416. The Morgan fingerprint density at radius 3 is 2.50 bits per heavy atom. The first-order valence-corrected chi connectivity index (χ1v) is 3.27. The van der Waals surface area contributed by atoms with Gasteiger partial charge in [0.25, 0.3) is 0 Å². The second kappa shape index (κ2) is 2.56. The van der Waals surface area contributed by atoms with E-state index in [0.29, 0.717) is 4.49 Å². The van der Waals surface area contributed by atoms with E-state index >= 15 is 0 Å². The summed E-state index contributed by atoms with van der Waals surface area (Å²) in [6, 6.07) is 0. The summed E-state index contributed by atoms with van der Waals surface area (Å²) in [5, 5.41) is 0. The molecule has 0 saturated carbocycles. The van der Waals surface area contributed by atoms with E-state index in [1.807, 2.05) is 6.08 Å². The molecule has 0 heterocycles. The predicted octanol–water partition coefficient (Wildman–Crippen LogP) is 3.03. The van der Waals surface area contributed by atoms with Crippen LogP contribution in [0, 0.1) is 0 Å². The van der Waals surface area contributed by atoms with Gasteiger partial charge in [0.15, 0.2) is 0 Å². The van der Waals surface area contributed by atoms with Crippen molar-refractivity contribution in [3.05, 3.63) is 22.2 Å². The van der Waals surface area contributed by atoms with Crippen molar-refractivity contribution in [2.75, 3.05) is 0 Å². The Hall–Kier alpha value is 0.0600. The summed E-state index contributed by atoms with van der Waals surface area (Å²) >= 11 is 11.0. The van der Waals surface area contributed by atoms with Gasteiger partial charge in [-0.1, -0.05) is 35.4 Å². The summed E-state index contributed by atoms with van der Waals surface area (Å²) in [4.78, 5) is 0. The first-order chi connectivity index (χ1) is 3.80. The van der Waals surface area contributed by atoms with E-state index in [4.69, 9.17) is 23.2 Å². The molecule has 8 heavy (non-hydrogen) atoms. The van der Waals surface area contributed by atoms with Crippen LogP contribution in [0.3, 0.4) is 0 Å². The molecular formula is C6H6Cl2. The largest absolute Gasteiger partial charge is 0.110 e. The monoisotopic (exact) mass is 148 g/mol. The lowest BCUT2D eigenvalue weighted by atomic mass is 10.3. The van der Waals surface area contributed by atoms with Crippen LogP contribution in [0.4, 0.5) is 0 Å². The van der Waals surface area contributed by atoms with Gasteiger partial charge in [-0.2, -0.15) is 0 Å². The zero-order valence-electron chi connectivity index (χ0n) is 4.32. The van der Waals surface area contributed by atoms with Gasteiger partial charge in [0.05, 0.1) is 0 Å². The highest BCUT2D eigenvalue weighted by Gasteiger charge is 2.01. The molecule has 0 nitrogen and oxygen atoms in total. The smallest absolute Gasteiger partial charge is 0.0838 e. The molecule has 0 saturated heterocycles. The summed E-state index contributed by atoms with van der Waals surface area (Å²) in [5.41, 5.74) is 1.06. The molecule has 0 spiro atoms. The molecule has 0 amide bonds. The molecule has 0 aliphatic heterocycles. The second-order valence-corrected chi connectivity index (χ2v) is 2.68. The van der Waals surface area contributed by atoms with Crippen LogP contribution < -0.4 is 0 Å². The Morgan fingerprint density at radius 1 is 1.50 bits per heavy atom. The molecule has 1 aliphatic rings. The van der Waals surface area contributed by atoms with Crippen molar-refractivity contribution in [3.63, 3.8) is 0 Å². The molecule has 0 N–H and O–H groups in total. The van der Waals surface area contributed by atoms with Gasteiger partial charge in [-0.25, -0.2) is 0 Å². The Labute approximate surface area is 58.8 Å². The van der Waals surface area contributed by atoms with Crippen molar-refractivity contribution >= 4 is 23.2 Å². The molecule has 0 fully saturated rings. The lowest BCUT2D eigenvalue weighted by molar-refractivity contribution is 1.06. The summed E-state index contributed by atoms with van der Waals surface area (Å²) < 4.78 is 0.416. The fourth-order valence-electron chi connectivity index (χ4n) is 0.705. The van der Waals surface area contributed by atoms with Gasteiger partial charge in [-0.3, -0.25) is 0 Å². The van der Waals surface area contributed by atoms with Crippen molar-refractivity contribution in [3.8, 4) is 0 Å². The summed E-state index contributed by atoms with van der Waals surface area (Å²) in [5.74, 6) is 0. The van der Waals surface area contributed by atoms with Crippen molar-refractivity contribution < 1.29 is 0 Å². The maximum atomic E-state index is 5.48. The highest BCUT2D eigenvalue weighted by atomic mass is 35.5. The van der Waals surface area contributed by atoms with E-state index in [0.717, 1.165) is 18.4 Å². The third-order valence-corrected chi connectivity index (χ3v) is 1.63. The third kappa shape index (κ3) is 1.27. The molecule has 0 aromatic carbocycles. The number of halogens is 2. The summed E-state index contributed by atoms with van der Waals surface area (Å²) in [7, 11) is 0. The number of allylic oxidation sites excluding steroid dienone is 3. The van der Waals surface area contributed by atoms with Gasteiger partial charge in [-0.05, 0) is 18.4 Å². The van der Waals surface area contributed by atoms with Crippen LogP contribution in [0.25, 0.3) is 0 Å². The fraction of sp³-hybridized carbons (Fsp3) is 0.333. The van der Waals surface area contributed by atoms with Crippen molar-refractivity contribution in [2.45, 2.75) is 12.8 Å². The Bertz CT molecular complexity index is 141. The molecule has 0 bridgehead atoms. The first kappa shape index (κ1) is 6.18. The molecule has 0 atom stereocenters. The maximum absolute atomic E-state index is 5.48. The van der Waals surface area contributed by atoms with Gasteiger partial charge < -0.3 is 0 Å². The van der Waals surface area contributed by atoms with E-state index < -0.39 is 0 Å². The lowest BCUT2D eigenvalue weighted by Gasteiger charge is -1.88. The first-order valence-electron chi connectivity index (χ1n) is 2.51. The number of hydrogen-bond donors (Lipinski definition) is 0. The molecule has 0 aromatic heterocycles. The fourth-order valence-corrected chi connectivity index (χ4v) is 1.02. The van der Waals surface area contributed by atoms with Crippen LogP contribution in [-0.4, -0.2) is 0 Å². The topological polar surface area (TPSA) is 0 Å². The van der Waals surface area contributed by atoms with Crippen LogP contribution in [0.15, 0.2) is 22.2 Å². The molecule has 1 aliphatic carbocycles. The highest BCUT2D eigenvalue weighted by molar-refractivity contribution is 6.56. The van der Waals surface area contributed by atoms with E-state index in [-0.39, 0.29) is 0 Å². The van der Waals surface area contributed by atoms with Crippen LogP contribution in [0.5, 0.6) is 0 Å². The standard InChI is InChI=1S/C6H6Cl2/c7-6(8)5-3-1-2-4-5/h1,3H,2,4H2. The Balaban J connectivity index is 2.73. The molecule has 2 heteroatoms. The average molecular weight is 149 g/mol. The van der Waals surface area contributed by atoms with Crippen molar-refractivity contribution in [2.24, 2.45) is 0 Å². The lowest BCUT2D eigenvalue weighted by Crippen LogP contribution is -1.68. The zero-order chi connectivity index (χ0) is 5.98. The summed E-state index contributed by atoms with van der Waals surface area (Å²) in [6.45, 7) is 0. The Kier molecular flexibility index (Phi) is 1.98. The van der Waals surface area contributed by atoms with Crippen LogP contribution in [-0.2, 0) is 0 Å². The van der Waals surface area contributed by atoms with E-state index in [1.54, 1.807) is 0 Å². The van der Waals surface area contributed by atoms with Gasteiger partial charge in [-0.15, -0.1) is 0 Å². The highest BCUT2D eigenvalue weighted by Crippen LogP contribution is 2.24. The van der Waals surface area contributed by atoms with Crippen molar-refractivity contribution in [1.29, 1.82) is 0 Å². The van der Waals surface area contributed by atoms with Gasteiger partial charge in [0, 0.05) is 0 Å². The van der Waals surface area contributed by atoms with Gasteiger partial charge in [0.2, 0.25) is 0 Å². The second-order valence-electron chi connectivity index (χ2n) is 1.73. The molecule has 0 unspecified atom stereocenters. The molecule has 44 valence electrons. The number of rotatable bonds is 0. The van der Waals surface area contributed by atoms with Gasteiger partial charge >= 0.3 is 0 Å². The molecular weight excluding hydrogens is 143 g/mol. The van der Waals surface area contributed by atoms with Gasteiger partial charge in [0.1, 0.15) is 4.49 Å². The molecule has 0 aromatic rings. The molecule has 0 radical (unpaired) electrons. The minimum atomic E-state index is 0.416. The molecule has 1 rings (SSSR count). The normalized spacial score (nSPS) is 17.5. The van der Waals surface area contributed by atoms with E-state index in [2.05, 4.69) is 6.08 Å². The van der Waals surface area contributed by atoms with Crippen molar-refractivity contribution in [1.82, 2.24) is 0 Å². The average Bonchev–Trinajstić information content (AvgIpc) is 2.12. The quantitative estimate of drug-likeness (QED) is 0.496. The number of hydrogen-bond acceptors (Lipinski definition) is 0. The van der Waals surface area contributed by atoms with Crippen LogP contribution in [0.1, 0.15) is 12.8 Å². The van der Waals surface area contributed by atoms with Crippen LogP contribution in [0.2, 0.25) is 0 Å². The summed E-state index contributed by atoms with van der Waals surface area (Å²) in [6.07, 6.45) is 6.12. The van der Waals surface area contributed by atoms with Crippen LogP contribution >= 0.6 is 23.2 Å². The zero-order valence-corrected chi connectivity index (χ0v) is 5.84. The van der Waals surface area contributed by atoms with E-state index in [1.165, 1.54) is 0 Å². The SMILES string of the molecule is ClC(Cl)=C1C=CCC1.